The molecule has 6 amide bonds. The SMILES string of the molecule is NCC(=O)N1CCC[C@H]1C(=O)N1C[C@H](O)C[C@H]1C(=O)NCC(=O)N1CCC[C@H]1C(=O)N1C[C@H](O)C[C@H]1C(=O)NCC(=O)O. The number of carboxylic acids is 1. The first-order valence-electron chi connectivity index (χ1n) is 14.5. The normalized spacial score (nSPS) is 28.7. The molecule has 0 aromatic heterocycles. The molecule has 7 N–H and O–H groups in total. The summed E-state index contributed by atoms with van der Waals surface area (Å²) >= 11 is 0. The van der Waals surface area contributed by atoms with Gasteiger partial charge in [0.15, 0.2) is 0 Å². The highest BCUT2D eigenvalue weighted by atomic mass is 16.4. The van der Waals surface area contributed by atoms with Gasteiger partial charge < -0.3 is 51.3 Å². The molecule has 0 unspecified atom stereocenters. The number of likely N-dealkylation sites (tertiary alicyclic amines) is 4. The van der Waals surface area contributed by atoms with Crippen molar-refractivity contribution in [3.63, 3.8) is 0 Å². The summed E-state index contributed by atoms with van der Waals surface area (Å²) in [5, 5.41) is 33.9. The van der Waals surface area contributed by atoms with Crippen molar-refractivity contribution < 1.29 is 48.9 Å². The maximum Gasteiger partial charge on any atom is 0.322 e. The van der Waals surface area contributed by atoms with Crippen LogP contribution >= 0.6 is 0 Å². The fraction of sp³-hybridized carbons (Fsp3) is 0.731. The van der Waals surface area contributed by atoms with E-state index in [4.69, 9.17) is 10.8 Å². The molecular formula is C26H39N7O10. The maximum absolute atomic E-state index is 13.4. The van der Waals surface area contributed by atoms with Gasteiger partial charge in [0.25, 0.3) is 0 Å². The molecule has 4 heterocycles. The molecule has 238 valence electrons. The molecule has 0 saturated carbocycles. The molecule has 0 spiro atoms. The minimum atomic E-state index is -1.26. The van der Waals surface area contributed by atoms with E-state index in [0.717, 1.165) is 4.90 Å². The zero-order valence-electron chi connectivity index (χ0n) is 23.7. The molecule has 0 aromatic carbocycles. The quantitative estimate of drug-likeness (QED) is 0.145. The van der Waals surface area contributed by atoms with Gasteiger partial charge in [0.1, 0.15) is 30.7 Å². The number of carboxylic acid groups (broad SMARTS) is 1. The summed E-state index contributed by atoms with van der Waals surface area (Å²) in [7, 11) is 0. The third-order valence-electron chi connectivity index (χ3n) is 8.45. The molecule has 0 bridgehead atoms. The summed E-state index contributed by atoms with van der Waals surface area (Å²) in [5.74, 6) is -4.62. The van der Waals surface area contributed by atoms with E-state index >= 15 is 0 Å². The topological polar surface area (TPSA) is 243 Å². The monoisotopic (exact) mass is 609 g/mol. The fourth-order valence-electron chi connectivity index (χ4n) is 6.42. The second kappa shape index (κ2) is 13.6. The van der Waals surface area contributed by atoms with E-state index in [-0.39, 0.29) is 44.9 Å². The van der Waals surface area contributed by atoms with Crippen molar-refractivity contribution in [2.75, 3.05) is 45.8 Å². The highest BCUT2D eigenvalue weighted by Crippen LogP contribution is 2.27. The molecule has 17 heteroatoms. The van der Waals surface area contributed by atoms with Crippen LogP contribution in [0.5, 0.6) is 0 Å². The molecule has 4 aliphatic rings. The first-order chi connectivity index (χ1) is 20.4. The molecule has 0 radical (unpaired) electrons. The van der Waals surface area contributed by atoms with Gasteiger partial charge in [0.2, 0.25) is 35.4 Å². The number of carbonyl (C=O) groups is 7. The zero-order valence-corrected chi connectivity index (χ0v) is 23.7. The fourth-order valence-corrected chi connectivity index (χ4v) is 6.42. The molecule has 0 aliphatic carbocycles. The number of rotatable bonds is 9. The summed E-state index contributed by atoms with van der Waals surface area (Å²) < 4.78 is 0. The molecule has 0 aromatic rings. The van der Waals surface area contributed by atoms with Crippen LogP contribution in [-0.2, 0) is 33.6 Å². The van der Waals surface area contributed by atoms with E-state index in [1.165, 1.54) is 14.7 Å². The number of nitrogens with zero attached hydrogens (tertiary/aromatic N) is 4. The molecule has 4 aliphatic heterocycles. The molecule has 6 atom stereocenters. The third-order valence-corrected chi connectivity index (χ3v) is 8.45. The second-order valence-corrected chi connectivity index (χ2v) is 11.3. The predicted molar refractivity (Wildman–Crippen MR) is 144 cm³/mol. The van der Waals surface area contributed by atoms with Crippen molar-refractivity contribution in [1.82, 2.24) is 30.2 Å². The molecule has 17 nitrogen and oxygen atoms in total. The van der Waals surface area contributed by atoms with E-state index in [1.807, 2.05) is 0 Å². The van der Waals surface area contributed by atoms with Crippen LogP contribution in [0.2, 0.25) is 0 Å². The van der Waals surface area contributed by atoms with Crippen LogP contribution in [0.15, 0.2) is 0 Å². The lowest BCUT2D eigenvalue weighted by molar-refractivity contribution is -0.148. The highest BCUT2D eigenvalue weighted by Gasteiger charge is 2.46. The Morgan fingerprint density at radius 1 is 0.651 bits per heavy atom. The summed E-state index contributed by atoms with van der Waals surface area (Å²) in [6, 6.07) is -3.87. The van der Waals surface area contributed by atoms with Gasteiger partial charge in [-0.2, -0.15) is 0 Å². The van der Waals surface area contributed by atoms with E-state index < -0.39 is 85.0 Å². The van der Waals surface area contributed by atoms with Gasteiger partial charge in [0.05, 0.1) is 25.3 Å². The van der Waals surface area contributed by atoms with E-state index in [2.05, 4.69) is 10.6 Å². The predicted octanol–water partition coefficient (Wildman–Crippen LogP) is -4.83. The first-order valence-corrected chi connectivity index (χ1v) is 14.5. The Balaban J connectivity index is 1.36. The van der Waals surface area contributed by atoms with Gasteiger partial charge in [-0.05, 0) is 25.7 Å². The number of hydrogen-bond donors (Lipinski definition) is 6. The largest absolute Gasteiger partial charge is 0.480 e. The number of nitrogens with two attached hydrogens (primary N) is 1. The Bertz CT molecular complexity index is 1150. The molecular weight excluding hydrogens is 570 g/mol. The zero-order chi connectivity index (χ0) is 31.4. The third kappa shape index (κ3) is 7.05. The van der Waals surface area contributed by atoms with Crippen molar-refractivity contribution >= 4 is 41.4 Å². The van der Waals surface area contributed by atoms with Gasteiger partial charge in [-0.25, -0.2) is 0 Å². The number of hydrogen-bond acceptors (Lipinski definition) is 10. The Morgan fingerprint density at radius 2 is 1.09 bits per heavy atom. The standard InChI is InChI=1S/C26H39N7O10/c27-9-20(36)30-5-1-3-16(30)25(42)32-12-14(34)7-18(32)23(40)28-10-21(37)31-6-2-4-17(31)26(43)33-13-15(35)8-19(33)24(41)29-11-22(38)39/h14-19,34-35H,1-13,27H2,(H,28,40)(H,29,41)(H,38,39)/t14-,15-,16+,17+,18+,19+/m1/s1. The smallest absolute Gasteiger partial charge is 0.322 e. The number of aliphatic hydroxyl groups is 2. The van der Waals surface area contributed by atoms with Gasteiger partial charge in [-0.3, -0.25) is 33.6 Å². The minimum absolute atomic E-state index is 0.0449. The highest BCUT2D eigenvalue weighted by molar-refractivity contribution is 5.96. The van der Waals surface area contributed by atoms with Crippen molar-refractivity contribution in [2.45, 2.75) is 74.9 Å². The Kier molecular flexibility index (Phi) is 10.2. The first kappa shape index (κ1) is 32.1. The van der Waals surface area contributed by atoms with Crippen LogP contribution in [0.1, 0.15) is 38.5 Å². The Morgan fingerprint density at radius 3 is 1.53 bits per heavy atom. The van der Waals surface area contributed by atoms with Crippen molar-refractivity contribution in [3.8, 4) is 0 Å². The van der Waals surface area contributed by atoms with Crippen molar-refractivity contribution in [2.24, 2.45) is 5.73 Å². The summed E-state index contributed by atoms with van der Waals surface area (Å²) in [6.07, 6.45) is -0.288. The maximum atomic E-state index is 13.4. The average molecular weight is 610 g/mol. The minimum Gasteiger partial charge on any atom is -0.480 e. The number of nitrogens with one attached hydrogen (secondary N) is 2. The molecule has 4 rings (SSSR count). The summed E-state index contributed by atoms with van der Waals surface area (Å²) in [6.45, 7) is -1.04. The van der Waals surface area contributed by atoms with E-state index in [0.29, 0.717) is 32.2 Å². The van der Waals surface area contributed by atoms with E-state index in [9.17, 15) is 43.8 Å². The lowest BCUT2D eigenvalue weighted by Crippen LogP contribution is -2.56. The number of β-amino-alcohol motifs (C(OH)–C–C–N with tert-alkyl or cyclic N) is 2. The van der Waals surface area contributed by atoms with Crippen LogP contribution in [-0.4, -0.2) is 159 Å². The Labute approximate surface area is 247 Å². The number of aliphatic carboxylic acids is 1. The van der Waals surface area contributed by atoms with Gasteiger partial charge >= 0.3 is 5.97 Å². The van der Waals surface area contributed by atoms with Crippen LogP contribution in [0, 0.1) is 0 Å². The number of aliphatic hydroxyl groups excluding tert-OH is 2. The van der Waals surface area contributed by atoms with Crippen molar-refractivity contribution in [3.05, 3.63) is 0 Å². The van der Waals surface area contributed by atoms with E-state index in [1.54, 1.807) is 0 Å². The van der Waals surface area contributed by atoms with Crippen LogP contribution in [0.4, 0.5) is 0 Å². The van der Waals surface area contributed by atoms with Gasteiger partial charge in [-0.15, -0.1) is 0 Å². The lowest BCUT2D eigenvalue weighted by atomic mass is 10.1. The average Bonchev–Trinajstić information content (AvgIpc) is 3.78. The molecule has 4 saturated heterocycles. The van der Waals surface area contributed by atoms with Gasteiger partial charge in [-0.1, -0.05) is 0 Å². The molecule has 4 fully saturated rings. The van der Waals surface area contributed by atoms with Crippen LogP contribution in [0.25, 0.3) is 0 Å². The van der Waals surface area contributed by atoms with Crippen molar-refractivity contribution in [1.29, 1.82) is 0 Å². The Hall–Kier alpha value is -3.83. The number of amides is 6. The van der Waals surface area contributed by atoms with Crippen LogP contribution < -0.4 is 16.4 Å². The second-order valence-electron chi connectivity index (χ2n) is 11.3. The summed E-state index contributed by atoms with van der Waals surface area (Å²) in [5.41, 5.74) is 5.47. The van der Waals surface area contributed by atoms with Crippen LogP contribution in [0.3, 0.4) is 0 Å². The molecule has 43 heavy (non-hydrogen) atoms. The summed E-state index contributed by atoms with van der Waals surface area (Å²) in [4.78, 5) is 93.6. The lowest BCUT2D eigenvalue weighted by Gasteiger charge is -2.31. The number of carbonyl (C=O) groups excluding carboxylic acids is 6. The van der Waals surface area contributed by atoms with Gasteiger partial charge in [0, 0.05) is 39.0 Å².